The summed E-state index contributed by atoms with van der Waals surface area (Å²) in [6.45, 7) is 5.33. The molecule has 10 heteroatoms. The van der Waals surface area contributed by atoms with E-state index < -0.39 is 0 Å². The zero-order chi connectivity index (χ0) is 30.8. The molecule has 1 saturated heterocycles. The van der Waals surface area contributed by atoms with Gasteiger partial charge in [0.25, 0.3) is 0 Å². The molecule has 3 heterocycles. The summed E-state index contributed by atoms with van der Waals surface area (Å²) in [5, 5.41) is 4.97. The number of piperazine rings is 1. The quantitative estimate of drug-likeness (QED) is 0.315. The van der Waals surface area contributed by atoms with Gasteiger partial charge in [-0.3, -0.25) is 19.3 Å². The van der Waals surface area contributed by atoms with Gasteiger partial charge < -0.3 is 14.5 Å². The Morgan fingerprint density at radius 2 is 1.57 bits per heavy atom. The molecule has 2 aliphatic rings. The topological polar surface area (TPSA) is 88.0 Å². The molecule has 3 aromatic carbocycles. The number of thioether (sulfide) groups is 1. The highest BCUT2D eigenvalue weighted by atomic mass is 32.2. The summed E-state index contributed by atoms with van der Waals surface area (Å²) in [6, 6.07) is 25.8. The molecule has 226 valence electrons. The third-order valence-corrected chi connectivity index (χ3v) is 9.53. The smallest absolute Gasteiger partial charge is 0.242 e. The maximum absolute atomic E-state index is 14.0. The predicted molar refractivity (Wildman–Crippen MR) is 172 cm³/mol. The Labute approximate surface area is 261 Å². The number of carbonyl (C=O) groups excluding carboxylic acids is 3. The molecule has 0 bridgehead atoms. The average Bonchev–Trinajstić information content (AvgIpc) is 3.38. The third-order valence-electron chi connectivity index (χ3n) is 8.30. The first-order valence-electron chi connectivity index (χ1n) is 14.7. The van der Waals surface area contributed by atoms with E-state index >= 15 is 0 Å². The van der Waals surface area contributed by atoms with Crippen molar-refractivity contribution in [2.24, 2.45) is 0 Å². The molecule has 9 nitrogen and oxygen atoms in total. The van der Waals surface area contributed by atoms with Crippen LogP contribution in [-0.2, 0) is 14.4 Å². The van der Waals surface area contributed by atoms with E-state index in [4.69, 9.17) is 9.84 Å². The number of aryl methyl sites for hydroxylation is 1. The van der Waals surface area contributed by atoms with Crippen molar-refractivity contribution in [1.29, 1.82) is 0 Å². The van der Waals surface area contributed by atoms with Crippen molar-refractivity contribution in [2.75, 3.05) is 50.5 Å². The third kappa shape index (κ3) is 5.69. The van der Waals surface area contributed by atoms with Crippen LogP contribution in [-0.4, -0.2) is 82.9 Å². The van der Waals surface area contributed by atoms with Crippen LogP contribution in [0.4, 0.5) is 5.82 Å². The summed E-state index contributed by atoms with van der Waals surface area (Å²) in [5.74, 6) is 1.19. The van der Waals surface area contributed by atoms with Gasteiger partial charge >= 0.3 is 0 Å². The number of carbonyl (C=O) groups is 3. The van der Waals surface area contributed by atoms with E-state index in [-0.39, 0.29) is 35.3 Å². The second kappa shape index (κ2) is 12.6. The van der Waals surface area contributed by atoms with E-state index in [0.29, 0.717) is 37.7 Å². The predicted octanol–water partition coefficient (Wildman–Crippen LogP) is 4.72. The van der Waals surface area contributed by atoms with Crippen molar-refractivity contribution >= 4 is 35.3 Å². The number of benzene rings is 3. The molecule has 1 unspecified atom stereocenters. The fourth-order valence-electron chi connectivity index (χ4n) is 5.86. The second-order valence-electron chi connectivity index (χ2n) is 11.0. The van der Waals surface area contributed by atoms with Gasteiger partial charge in [-0.1, -0.05) is 54.6 Å². The Morgan fingerprint density at radius 1 is 0.909 bits per heavy atom. The molecular weight excluding hydrogens is 574 g/mol. The molecular formula is C34H35N5O4S. The van der Waals surface area contributed by atoms with Crippen molar-refractivity contribution in [3.8, 4) is 22.7 Å². The molecule has 2 aliphatic heterocycles. The van der Waals surface area contributed by atoms with Crippen LogP contribution in [0, 0.1) is 6.92 Å². The van der Waals surface area contributed by atoms with Gasteiger partial charge in [-0.15, -0.1) is 11.8 Å². The van der Waals surface area contributed by atoms with E-state index in [0.717, 1.165) is 33.6 Å². The summed E-state index contributed by atoms with van der Waals surface area (Å²) >= 11 is 1.56. The molecule has 0 radical (unpaired) electrons. The first-order valence-corrected chi connectivity index (χ1v) is 15.7. The molecule has 0 saturated carbocycles. The number of fused-ring (bicyclic) bond motifs is 1. The number of ether oxygens (including phenoxy) is 1. The molecule has 0 aliphatic carbocycles. The van der Waals surface area contributed by atoms with Crippen molar-refractivity contribution in [2.45, 2.75) is 19.1 Å². The van der Waals surface area contributed by atoms with Gasteiger partial charge in [0, 0.05) is 44.2 Å². The minimum Gasteiger partial charge on any atom is -0.497 e. The lowest BCUT2D eigenvalue weighted by atomic mass is 9.97. The van der Waals surface area contributed by atoms with Crippen LogP contribution >= 0.6 is 11.8 Å². The van der Waals surface area contributed by atoms with Crippen LogP contribution in [0.5, 0.6) is 5.75 Å². The highest BCUT2D eigenvalue weighted by molar-refractivity contribution is 8.00. The lowest BCUT2D eigenvalue weighted by Gasteiger charge is -2.35. The first-order chi connectivity index (χ1) is 21.4. The van der Waals surface area contributed by atoms with E-state index in [1.54, 1.807) is 45.2 Å². The number of aromatic nitrogens is 2. The molecule has 44 heavy (non-hydrogen) atoms. The van der Waals surface area contributed by atoms with Gasteiger partial charge in [0.1, 0.15) is 18.1 Å². The number of amides is 3. The Kier molecular flexibility index (Phi) is 8.43. The highest BCUT2D eigenvalue weighted by Crippen LogP contribution is 2.49. The molecule has 1 fully saturated rings. The number of anilines is 1. The molecule has 6 rings (SSSR count). The molecule has 1 atom stereocenters. The number of hydrogen-bond donors (Lipinski definition) is 0. The van der Waals surface area contributed by atoms with Crippen molar-refractivity contribution in [1.82, 2.24) is 19.6 Å². The Balaban J connectivity index is 1.52. The highest BCUT2D eigenvalue weighted by Gasteiger charge is 2.39. The molecule has 0 spiro atoms. The molecule has 0 N–H and O–H groups in total. The fraction of sp³-hybridized carbons (Fsp3) is 0.294. The maximum atomic E-state index is 14.0. The molecule has 4 aromatic rings. The van der Waals surface area contributed by atoms with Crippen molar-refractivity contribution in [3.05, 3.63) is 95.6 Å². The summed E-state index contributed by atoms with van der Waals surface area (Å²) in [5.41, 5.74) is 5.56. The number of hydrogen-bond acceptors (Lipinski definition) is 6. The van der Waals surface area contributed by atoms with Crippen molar-refractivity contribution < 1.29 is 19.1 Å². The average molecular weight is 610 g/mol. The largest absolute Gasteiger partial charge is 0.497 e. The zero-order valence-corrected chi connectivity index (χ0v) is 25.9. The van der Waals surface area contributed by atoms with Gasteiger partial charge in [0.2, 0.25) is 17.7 Å². The van der Waals surface area contributed by atoms with Gasteiger partial charge in [0.05, 0.1) is 29.5 Å². The van der Waals surface area contributed by atoms with E-state index in [9.17, 15) is 14.4 Å². The first kappa shape index (κ1) is 29.5. The van der Waals surface area contributed by atoms with Gasteiger partial charge in [0.15, 0.2) is 0 Å². The Morgan fingerprint density at radius 3 is 2.23 bits per heavy atom. The Hall–Kier alpha value is -4.57. The lowest BCUT2D eigenvalue weighted by Crippen LogP contribution is -2.53. The number of rotatable bonds is 6. The normalized spacial score (nSPS) is 16.8. The second-order valence-corrected chi connectivity index (χ2v) is 12.1. The summed E-state index contributed by atoms with van der Waals surface area (Å²) < 4.78 is 7.21. The summed E-state index contributed by atoms with van der Waals surface area (Å²) in [7, 11) is 1.62. The SMILES string of the molecule is COc1ccc(-n2nc(-c3ccccc3)c3c2N(CC(=O)N2CCN(C(C)=O)CC2)C(=O)CSC3c2ccccc2C)cc1. The van der Waals surface area contributed by atoms with Crippen LogP contribution in [0.1, 0.15) is 28.9 Å². The summed E-state index contributed by atoms with van der Waals surface area (Å²) in [4.78, 5) is 44.8. The number of nitrogens with zero attached hydrogens (tertiary/aromatic N) is 5. The Bertz CT molecular complexity index is 1680. The van der Waals surface area contributed by atoms with Gasteiger partial charge in [-0.25, -0.2) is 4.68 Å². The van der Waals surface area contributed by atoms with E-state index in [1.807, 2.05) is 66.7 Å². The lowest BCUT2D eigenvalue weighted by molar-refractivity contribution is -0.137. The standard InChI is InChI=1S/C34H35N5O4S/c1-23-9-7-8-12-28(23)33-31-32(25-10-5-4-6-11-25)35-39(26-13-15-27(43-3)16-14-26)34(31)38(30(42)22-44-33)21-29(41)37-19-17-36(18-20-37)24(2)40/h4-16,33H,17-22H2,1-3H3. The zero-order valence-electron chi connectivity index (χ0n) is 25.1. The van der Waals surface area contributed by atoms with Crippen LogP contribution in [0.25, 0.3) is 16.9 Å². The molecule has 1 aromatic heterocycles. The van der Waals surface area contributed by atoms with Gasteiger partial charge in [-0.05, 0) is 42.3 Å². The van der Waals surface area contributed by atoms with Crippen LogP contribution in [0.3, 0.4) is 0 Å². The monoisotopic (exact) mass is 609 g/mol. The van der Waals surface area contributed by atoms with Gasteiger partial charge in [-0.2, -0.15) is 5.10 Å². The summed E-state index contributed by atoms with van der Waals surface area (Å²) in [6.07, 6.45) is 0. The van der Waals surface area contributed by atoms with E-state index in [1.165, 1.54) is 0 Å². The van der Waals surface area contributed by atoms with E-state index in [2.05, 4.69) is 19.1 Å². The molecule has 3 amide bonds. The van der Waals surface area contributed by atoms with Crippen LogP contribution < -0.4 is 9.64 Å². The van der Waals surface area contributed by atoms with Crippen LogP contribution in [0.15, 0.2) is 78.9 Å². The van der Waals surface area contributed by atoms with Crippen LogP contribution in [0.2, 0.25) is 0 Å². The minimum absolute atomic E-state index is 0.000503. The minimum atomic E-state index is -0.198. The number of methoxy groups -OCH3 is 1. The maximum Gasteiger partial charge on any atom is 0.242 e. The van der Waals surface area contributed by atoms with Crippen molar-refractivity contribution in [3.63, 3.8) is 0 Å². The fourth-order valence-corrected chi connectivity index (χ4v) is 7.16.